The second-order valence-electron chi connectivity index (χ2n) is 5.21. The maximum absolute atomic E-state index is 11.6. The Hall–Kier alpha value is -1.62. The van der Waals surface area contributed by atoms with Crippen LogP contribution in [0.2, 0.25) is 0 Å². The Morgan fingerprint density at radius 3 is 2.78 bits per heavy atom. The molecule has 1 aromatic carbocycles. The summed E-state index contributed by atoms with van der Waals surface area (Å²) in [4.78, 5) is 22.7. The van der Waals surface area contributed by atoms with Gasteiger partial charge in [0.1, 0.15) is 5.75 Å². The molecular formula is C13H12O4S. The van der Waals surface area contributed by atoms with Crippen molar-refractivity contribution in [3.05, 3.63) is 26.9 Å². The van der Waals surface area contributed by atoms with Gasteiger partial charge in [-0.15, -0.1) is 0 Å². The number of aryl methyl sites for hydroxylation is 1. The fourth-order valence-electron chi connectivity index (χ4n) is 2.48. The van der Waals surface area contributed by atoms with Crippen molar-refractivity contribution in [2.45, 2.75) is 32.6 Å². The van der Waals surface area contributed by atoms with Crippen LogP contribution in [-0.4, -0.2) is 5.97 Å². The van der Waals surface area contributed by atoms with E-state index in [1.807, 2.05) is 20.8 Å². The summed E-state index contributed by atoms with van der Waals surface area (Å²) in [5.74, 6) is 0.320. The normalized spacial score (nSPS) is 17.6. The Morgan fingerprint density at radius 2 is 2.06 bits per heavy atom. The van der Waals surface area contributed by atoms with Crippen molar-refractivity contribution in [1.29, 1.82) is 0 Å². The Labute approximate surface area is 107 Å². The number of rotatable bonds is 0. The van der Waals surface area contributed by atoms with Crippen molar-refractivity contribution in [2.75, 3.05) is 0 Å². The fraction of sp³-hybridized carbons (Fsp3) is 0.385. The van der Waals surface area contributed by atoms with E-state index in [2.05, 4.69) is 0 Å². The molecule has 1 aliphatic heterocycles. The van der Waals surface area contributed by atoms with Gasteiger partial charge in [0.05, 0.1) is 11.1 Å². The van der Waals surface area contributed by atoms with E-state index in [9.17, 15) is 9.59 Å². The second-order valence-corrected chi connectivity index (χ2v) is 6.16. The lowest BCUT2D eigenvalue weighted by atomic mass is 9.79. The zero-order valence-corrected chi connectivity index (χ0v) is 11.1. The third kappa shape index (κ3) is 1.50. The minimum atomic E-state index is -0.344. The molecular weight excluding hydrogens is 252 g/mol. The van der Waals surface area contributed by atoms with Crippen LogP contribution in [0, 0.1) is 6.92 Å². The van der Waals surface area contributed by atoms with E-state index in [4.69, 9.17) is 9.15 Å². The van der Waals surface area contributed by atoms with Gasteiger partial charge < -0.3 is 9.15 Å². The van der Waals surface area contributed by atoms with Crippen LogP contribution >= 0.6 is 11.3 Å². The fourth-order valence-corrected chi connectivity index (χ4v) is 3.55. The number of fused-ring (bicyclic) bond motifs is 3. The summed E-state index contributed by atoms with van der Waals surface area (Å²) in [6.45, 7) is 5.80. The maximum atomic E-state index is 11.6. The molecule has 0 amide bonds. The maximum Gasteiger partial charge on any atom is 0.396 e. The van der Waals surface area contributed by atoms with Crippen molar-refractivity contribution in [3.8, 4) is 5.75 Å². The molecule has 0 aliphatic carbocycles. The molecule has 5 heteroatoms. The third-order valence-corrected chi connectivity index (χ3v) is 4.09. The lowest BCUT2D eigenvalue weighted by Crippen LogP contribution is -2.30. The number of esters is 1. The van der Waals surface area contributed by atoms with E-state index >= 15 is 0 Å². The van der Waals surface area contributed by atoms with Crippen LogP contribution in [0.1, 0.15) is 31.4 Å². The van der Waals surface area contributed by atoms with Gasteiger partial charge in [-0.2, -0.15) is 0 Å². The van der Waals surface area contributed by atoms with Gasteiger partial charge in [0.15, 0.2) is 5.58 Å². The Morgan fingerprint density at radius 1 is 1.33 bits per heavy atom. The molecule has 4 nitrogen and oxygen atoms in total. The van der Waals surface area contributed by atoms with Gasteiger partial charge in [0, 0.05) is 11.0 Å². The van der Waals surface area contributed by atoms with Gasteiger partial charge in [0.25, 0.3) is 0 Å². The number of carbonyl (C=O) groups excluding carboxylic acids is 1. The molecule has 0 spiro atoms. The van der Waals surface area contributed by atoms with Gasteiger partial charge in [-0.3, -0.25) is 4.79 Å². The van der Waals surface area contributed by atoms with Crippen LogP contribution in [0.15, 0.2) is 15.3 Å². The van der Waals surface area contributed by atoms with Gasteiger partial charge in [-0.25, -0.2) is 4.79 Å². The standard InChI is InChI=1S/C13H12O4S/c1-6-4-7-9(11-10(6)17-12(15)18-11)13(2,3)5-8(14)16-7/h4H,5H2,1-3H3. The SMILES string of the molecule is Cc1cc2c(c3sc(=O)oc13)C(C)(C)CC(=O)O2. The molecule has 3 rings (SSSR count). The minimum Gasteiger partial charge on any atom is -0.426 e. The van der Waals surface area contributed by atoms with Crippen LogP contribution in [0.4, 0.5) is 0 Å². The molecule has 0 radical (unpaired) electrons. The lowest BCUT2D eigenvalue weighted by Gasteiger charge is -2.31. The summed E-state index contributed by atoms with van der Waals surface area (Å²) >= 11 is 1.07. The first-order chi connectivity index (χ1) is 8.38. The molecule has 2 aromatic rings. The highest BCUT2D eigenvalue weighted by molar-refractivity contribution is 7.16. The summed E-state index contributed by atoms with van der Waals surface area (Å²) in [6, 6.07) is 1.77. The predicted octanol–water partition coefficient (Wildman–Crippen LogP) is 2.75. The van der Waals surface area contributed by atoms with Gasteiger partial charge in [0.2, 0.25) is 0 Å². The molecule has 0 atom stereocenters. The summed E-state index contributed by atoms with van der Waals surface area (Å²) in [5.41, 5.74) is 1.98. The number of hydrogen-bond acceptors (Lipinski definition) is 5. The number of hydrogen-bond donors (Lipinski definition) is 0. The first-order valence-electron chi connectivity index (χ1n) is 5.67. The Bertz CT molecular complexity index is 720. The minimum absolute atomic E-state index is 0.234. The molecule has 94 valence electrons. The molecule has 1 aliphatic rings. The van der Waals surface area contributed by atoms with Crippen LogP contribution in [0.5, 0.6) is 5.75 Å². The van der Waals surface area contributed by atoms with Gasteiger partial charge >= 0.3 is 10.9 Å². The van der Waals surface area contributed by atoms with Crippen LogP contribution in [-0.2, 0) is 10.2 Å². The average molecular weight is 264 g/mol. The molecule has 0 N–H and O–H groups in total. The molecule has 0 saturated heterocycles. The summed E-state index contributed by atoms with van der Waals surface area (Å²) in [5, 5.41) is 0. The third-order valence-electron chi connectivity index (χ3n) is 3.24. The first-order valence-corrected chi connectivity index (χ1v) is 6.48. The zero-order valence-electron chi connectivity index (χ0n) is 10.3. The highest BCUT2D eigenvalue weighted by Gasteiger charge is 2.37. The van der Waals surface area contributed by atoms with E-state index in [1.165, 1.54) is 0 Å². The van der Waals surface area contributed by atoms with E-state index in [1.54, 1.807) is 6.07 Å². The highest BCUT2D eigenvalue weighted by atomic mass is 32.1. The molecule has 0 bridgehead atoms. The van der Waals surface area contributed by atoms with Crippen LogP contribution in [0.3, 0.4) is 0 Å². The first kappa shape index (κ1) is 11.5. The summed E-state index contributed by atoms with van der Waals surface area (Å²) < 4.78 is 11.3. The second kappa shape index (κ2) is 3.45. The lowest BCUT2D eigenvalue weighted by molar-refractivity contribution is -0.136. The molecule has 0 saturated carbocycles. The van der Waals surface area contributed by atoms with Crippen molar-refractivity contribution in [3.63, 3.8) is 0 Å². The van der Waals surface area contributed by atoms with Gasteiger partial charge in [-0.1, -0.05) is 25.2 Å². The number of benzene rings is 1. The number of carbonyl (C=O) groups is 1. The van der Waals surface area contributed by atoms with Crippen molar-refractivity contribution in [1.82, 2.24) is 0 Å². The van der Waals surface area contributed by atoms with Gasteiger partial charge in [-0.05, 0) is 18.6 Å². The monoisotopic (exact) mass is 264 g/mol. The predicted molar refractivity (Wildman–Crippen MR) is 68.4 cm³/mol. The molecule has 0 fully saturated rings. The average Bonchev–Trinajstić information content (AvgIpc) is 2.57. The quantitative estimate of drug-likeness (QED) is 0.542. The van der Waals surface area contributed by atoms with Crippen molar-refractivity contribution < 1.29 is 13.9 Å². The molecule has 18 heavy (non-hydrogen) atoms. The topological polar surface area (TPSA) is 56.5 Å². The molecule has 0 unspecified atom stereocenters. The largest absolute Gasteiger partial charge is 0.426 e. The van der Waals surface area contributed by atoms with E-state index in [-0.39, 0.29) is 16.3 Å². The zero-order chi connectivity index (χ0) is 13.1. The van der Waals surface area contributed by atoms with Crippen molar-refractivity contribution in [2.24, 2.45) is 0 Å². The Balaban J connectivity index is 2.46. The smallest absolute Gasteiger partial charge is 0.396 e. The number of ether oxygens (including phenoxy) is 1. The van der Waals surface area contributed by atoms with Crippen molar-refractivity contribution >= 4 is 27.6 Å². The van der Waals surface area contributed by atoms with E-state index in [0.717, 1.165) is 27.2 Å². The summed E-state index contributed by atoms with van der Waals surface area (Å²) in [7, 11) is 0. The molecule has 2 heterocycles. The Kier molecular flexibility index (Phi) is 2.20. The van der Waals surface area contributed by atoms with Crippen LogP contribution < -0.4 is 9.68 Å². The summed E-state index contributed by atoms with van der Waals surface area (Å²) in [6.07, 6.45) is 0.310. The van der Waals surface area contributed by atoms with E-state index < -0.39 is 0 Å². The highest BCUT2D eigenvalue weighted by Crippen LogP contribution is 2.45. The van der Waals surface area contributed by atoms with Crippen LogP contribution in [0.25, 0.3) is 10.3 Å². The molecule has 1 aromatic heterocycles. The van der Waals surface area contributed by atoms with E-state index in [0.29, 0.717) is 17.8 Å².